The summed E-state index contributed by atoms with van der Waals surface area (Å²) in [4.78, 5) is 34.0. The second-order valence-corrected chi connectivity index (χ2v) is 4.82. The molecule has 0 fully saturated rings. The van der Waals surface area contributed by atoms with E-state index < -0.39 is 5.97 Å². The van der Waals surface area contributed by atoms with E-state index >= 15 is 0 Å². The number of carboxylic acids is 1. The van der Waals surface area contributed by atoms with Crippen molar-refractivity contribution in [3.8, 4) is 5.75 Å². The maximum absolute atomic E-state index is 11.9. The summed E-state index contributed by atoms with van der Waals surface area (Å²) in [7, 11) is 1.50. The molecule has 120 valence electrons. The molecule has 0 spiro atoms. The minimum absolute atomic E-state index is 0.0163. The molecule has 0 heterocycles. The van der Waals surface area contributed by atoms with Crippen molar-refractivity contribution in [2.45, 2.75) is 25.8 Å². The Labute approximate surface area is 128 Å². The summed E-state index contributed by atoms with van der Waals surface area (Å²) in [5.74, 6) is -1.10. The van der Waals surface area contributed by atoms with E-state index in [-0.39, 0.29) is 30.8 Å². The van der Waals surface area contributed by atoms with Gasteiger partial charge in [-0.3, -0.25) is 14.4 Å². The van der Waals surface area contributed by atoms with Crippen LogP contribution in [0.2, 0.25) is 0 Å². The molecule has 1 unspecified atom stereocenters. The van der Waals surface area contributed by atoms with Crippen molar-refractivity contribution in [3.05, 3.63) is 29.8 Å². The summed E-state index contributed by atoms with van der Waals surface area (Å²) in [5, 5.41) is 13.7. The van der Waals surface area contributed by atoms with Crippen LogP contribution in [0, 0.1) is 0 Å². The van der Waals surface area contributed by atoms with Crippen molar-refractivity contribution < 1.29 is 24.2 Å². The highest BCUT2D eigenvalue weighted by Crippen LogP contribution is 2.12. The largest absolute Gasteiger partial charge is 0.497 e. The van der Waals surface area contributed by atoms with Gasteiger partial charge in [0, 0.05) is 18.0 Å². The normalized spacial score (nSPS) is 11.4. The third kappa shape index (κ3) is 6.25. The fourth-order valence-corrected chi connectivity index (χ4v) is 1.76. The number of rotatable bonds is 8. The minimum atomic E-state index is -0.910. The molecule has 0 bridgehead atoms. The van der Waals surface area contributed by atoms with Crippen molar-refractivity contribution in [1.82, 2.24) is 10.6 Å². The van der Waals surface area contributed by atoms with Crippen LogP contribution in [0.15, 0.2) is 24.3 Å². The van der Waals surface area contributed by atoms with E-state index in [1.807, 2.05) is 0 Å². The molecule has 0 aliphatic heterocycles. The Hall–Kier alpha value is -2.57. The number of carbonyl (C=O) groups excluding carboxylic acids is 2. The maximum atomic E-state index is 11.9. The van der Waals surface area contributed by atoms with E-state index in [0.29, 0.717) is 17.7 Å². The SMILES string of the molecule is COc1cccc(C(=O)NCC(=O)NC(C)CCC(=O)O)c1. The molecular formula is C15H20N2O5. The highest BCUT2D eigenvalue weighted by molar-refractivity contribution is 5.96. The fraction of sp³-hybridized carbons (Fsp3) is 0.400. The number of nitrogens with one attached hydrogen (secondary N) is 2. The molecule has 1 rings (SSSR count). The number of aliphatic carboxylic acids is 1. The molecule has 1 aromatic rings. The summed E-state index contributed by atoms with van der Waals surface area (Å²) in [6.45, 7) is 1.54. The minimum Gasteiger partial charge on any atom is -0.497 e. The quantitative estimate of drug-likeness (QED) is 0.658. The summed E-state index contributed by atoms with van der Waals surface area (Å²) < 4.78 is 5.02. The van der Waals surface area contributed by atoms with Gasteiger partial charge in [0.2, 0.25) is 5.91 Å². The van der Waals surface area contributed by atoms with Gasteiger partial charge in [-0.05, 0) is 31.5 Å². The monoisotopic (exact) mass is 308 g/mol. The third-order valence-electron chi connectivity index (χ3n) is 2.94. The molecule has 0 aliphatic rings. The van der Waals surface area contributed by atoms with Crippen molar-refractivity contribution in [2.24, 2.45) is 0 Å². The molecule has 1 atom stereocenters. The van der Waals surface area contributed by atoms with Gasteiger partial charge in [-0.2, -0.15) is 0 Å². The molecule has 2 amide bonds. The summed E-state index contributed by atoms with van der Waals surface area (Å²) >= 11 is 0. The number of methoxy groups -OCH3 is 1. The van der Waals surface area contributed by atoms with E-state index in [4.69, 9.17) is 9.84 Å². The van der Waals surface area contributed by atoms with Crippen LogP contribution >= 0.6 is 0 Å². The molecule has 7 heteroatoms. The first-order valence-electron chi connectivity index (χ1n) is 6.85. The van der Waals surface area contributed by atoms with Gasteiger partial charge in [0.05, 0.1) is 13.7 Å². The second kappa shape index (κ2) is 8.66. The Balaban J connectivity index is 2.39. The Morgan fingerprint density at radius 2 is 2.05 bits per heavy atom. The Bertz CT molecular complexity index is 544. The highest BCUT2D eigenvalue weighted by atomic mass is 16.5. The fourth-order valence-electron chi connectivity index (χ4n) is 1.76. The topological polar surface area (TPSA) is 105 Å². The van der Waals surface area contributed by atoms with Crippen LogP contribution < -0.4 is 15.4 Å². The van der Waals surface area contributed by atoms with Crippen molar-refractivity contribution >= 4 is 17.8 Å². The Kier molecular flexibility index (Phi) is 6.88. The number of hydrogen-bond acceptors (Lipinski definition) is 4. The first kappa shape index (κ1) is 17.5. The van der Waals surface area contributed by atoms with Crippen molar-refractivity contribution in [3.63, 3.8) is 0 Å². The second-order valence-electron chi connectivity index (χ2n) is 4.82. The lowest BCUT2D eigenvalue weighted by Crippen LogP contribution is -2.41. The van der Waals surface area contributed by atoms with Gasteiger partial charge in [0.1, 0.15) is 5.75 Å². The predicted molar refractivity (Wildman–Crippen MR) is 79.8 cm³/mol. The average Bonchev–Trinajstić information content (AvgIpc) is 2.50. The van der Waals surface area contributed by atoms with E-state index in [1.54, 1.807) is 31.2 Å². The van der Waals surface area contributed by atoms with Gasteiger partial charge >= 0.3 is 5.97 Å². The third-order valence-corrected chi connectivity index (χ3v) is 2.94. The average molecular weight is 308 g/mol. The van der Waals surface area contributed by atoms with E-state index in [2.05, 4.69) is 10.6 Å². The molecule has 0 aliphatic carbocycles. The molecule has 3 N–H and O–H groups in total. The lowest BCUT2D eigenvalue weighted by Gasteiger charge is -2.13. The van der Waals surface area contributed by atoms with Gasteiger partial charge in [-0.25, -0.2) is 0 Å². The van der Waals surface area contributed by atoms with Crippen molar-refractivity contribution in [1.29, 1.82) is 0 Å². The standard InChI is InChI=1S/C15H20N2O5/c1-10(6-7-14(19)20)17-13(18)9-16-15(21)11-4-3-5-12(8-11)22-2/h3-5,8,10H,6-7,9H2,1-2H3,(H,16,21)(H,17,18)(H,19,20). The van der Waals surface area contributed by atoms with Gasteiger partial charge in [0.25, 0.3) is 5.91 Å². The zero-order chi connectivity index (χ0) is 16.5. The first-order chi connectivity index (χ1) is 10.4. The summed E-state index contributed by atoms with van der Waals surface area (Å²) in [6.07, 6.45) is 0.322. The molecule has 0 radical (unpaired) electrons. The van der Waals surface area contributed by atoms with E-state index in [1.165, 1.54) is 7.11 Å². The zero-order valence-corrected chi connectivity index (χ0v) is 12.6. The maximum Gasteiger partial charge on any atom is 0.303 e. The number of hydrogen-bond donors (Lipinski definition) is 3. The molecular weight excluding hydrogens is 288 g/mol. The lowest BCUT2D eigenvalue weighted by molar-refractivity contribution is -0.137. The van der Waals surface area contributed by atoms with Crippen LogP contribution in [-0.2, 0) is 9.59 Å². The van der Waals surface area contributed by atoms with Gasteiger partial charge < -0.3 is 20.5 Å². The summed E-state index contributed by atoms with van der Waals surface area (Å²) in [6, 6.07) is 6.32. The van der Waals surface area contributed by atoms with E-state index in [9.17, 15) is 14.4 Å². The number of carboxylic acid groups (broad SMARTS) is 1. The highest BCUT2D eigenvalue weighted by Gasteiger charge is 2.11. The van der Waals surface area contributed by atoms with Gasteiger partial charge in [-0.15, -0.1) is 0 Å². The van der Waals surface area contributed by atoms with Crippen LogP contribution in [0.5, 0.6) is 5.75 Å². The molecule has 7 nitrogen and oxygen atoms in total. The van der Waals surface area contributed by atoms with E-state index in [0.717, 1.165) is 0 Å². The number of amides is 2. The number of ether oxygens (including phenoxy) is 1. The lowest BCUT2D eigenvalue weighted by atomic mass is 10.2. The van der Waals surface area contributed by atoms with Crippen LogP contribution in [0.25, 0.3) is 0 Å². The molecule has 0 saturated carbocycles. The number of carbonyl (C=O) groups is 3. The van der Waals surface area contributed by atoms with Gasteiger partial charge in [0.15, 0.2) is 0 Å². The summed E-state index contributed by atoms with van der Waals surface area (Å²) in [5.41, 5.74) is 0.395. The zero-order valence-electron chi connectivity index (χ0n) is 12.6. The Morgan fingerprint density at radius 3 is 2.68 bits per heavy atom. The van der Waals surface area contributed by atoms with Crippen LogP contribution in [-0.4, -0.2) is 42.6 Å². The predicted octanol–water partition coefficient (Wildman–Crippen LogP) is 0.794. The smallest absolute Gasteiger partial charge is 0.303 e. The van der Waals surface area contributed by atoms with Crippen molar-refractivity contribution in [2.75, 3.05) is 13.7 Å². The van der Waals surface area contributed by atoms with Crippen LogP contribution in [0.1, 0.15) is 30.1 Å². The number of benzene rings is 1. The first-order valence-corrected chi connectivity index (χ1v) is 6.85. The van der Waals surface area contributed by atoms with Crippen LogP contribution in [0.4, 0.5) is 0 Å². The van der Waals surface area contributed by atoms with Crippen LogP contribution in [0.3, 0.4) is 0 Å². The molecule has 0 aromatic heterocycles. The molecule has 1 aromatic carbocycles. The van der Waals surface area contributed by atoms with Gasteiger partial charge in [-0.1, -0.05) is 6.07 Å². The Morgan fingerprint density at radius 1 is 1.32 bits per heavy atom. The molecule has 0 saturated heterocycles. The molecule has 22 heavy (non-hydrogen) atoms.